The molecule has 0 atom stereocenters. The van der Waals surface area contributed by atoms with E-state index in [1.807, 2.05) is 42.5 Å². The number of nitrogens with one attached hydrogen (secondary N) is 1. The molecular formula is C27H18Cl2N2O2. The lowest BCUT2D eigenvalue weighted by molar-refractivity contribution is 0.0983. The Morgan fingerprint density at radius 2 is 1.36 bits per heavy atom. The molecule has 0 saturated carbocycles. The van der Waals surface area contributed by atoms with Gasteiger partial charge in [-0.2, -0.15) is 0 Å². The number of carbonyl (C=O) groups is 2. The predicted octanol–water partition coefficient (Wildman–Crippen LogP) is 7.07. The molecular weight excluding hydrogens is 455 g/mol. The first-order chi connectivity index (χ1) is 16.0. The van der Waals surface area contributed by atoms with Crippen LogP contribution in [0.3, 0.4) is 0 Å². The Morgan fingerprint density at radius 1 is 0.727 bits per heavy atom. The highest BCUT2D eigenvalue weighted by Crippen LogP contribution is 2.39. The zero-order valence-electron chi connectivity index (χ0n) is 17.4. The van der Waals surface area contributed by atoms with E-state index < -0.39 is 5.91 Å². The molecule has 0 bridgehead atoms. The second-order valence-corrected chi connectivity index (χ2v) is 8.51. The molecule has 33 heavy (non-hydrogen) atoms. The van der Waals surface area contributed by atoms with E-state index in [1.54, 1.807) is 47.4 Å². The minimum absolute atomic E-state index is 0.107. The van der Waals surface area contributed by atoms with Crippen molar-refractivity contribution in [2.24, 2.45) is 0 Å². The van der Waals surface area contributed by atoms with Crippen LogP contribution in [0.25, 0.3) is 11.1 Å². The first kappa shape index (κ1) is 21.3. The van der Waals surface area contributed by atoms with Gasteiger partial charge in [0.05, 0.1) is 27.8 Å². The SMILES string of the molecule is O=C(Nc1ccc(C(=O)N2Cc3ccccc3-c3ccccc32)cc1)c1c(Cl)cccc1Cl. The van der Waals surface area contributed by atoms with Crippen LogP contribution < -0.4 is 10.2 Å². The number of amides is 2. The van der Waals surface area contributed by atoms with Gasteiger partial charge in [-0.05, 0) is 53.6 Å². The topological polar surface area (TPSA) is 49.4 Å². The Hall–Kier alpha value is -3.60. The molecule has 0 aromatic heterocycles. The van der Waals surface area contributed by atoms with Crippen LogP contribution in [0, 0.1) is 0 Å². The van der Waals surface area contributed by atoms with E-state index >= 15 is 0 Å². The van der Waals surface area contributed by atoms with E-state index in [0.29, 0.717) is 17.8 Å². The van der Waals surface area contributed by atoms with Crippen molar-refractivity contribution in [1.82, 2.24) is 0 Å². The second-order valence-electron chi connectivity index (χ2n) is 7.69. The highest BCUT2D eigenvalue weighted by atomic mass is 35.5. The van der Waals surface area contributed by atoms with Gasteiger partial charge < -0.3 is 10.2 Å². The molecule has 0 fully saturated rings. The minimum atomic E-state index is -0.411. The number of nitrogens with zero attached hydrogens (tertiary/aromatic N) is 1. The molecule has 5 rings (SSSR count). The third kappa shape index (κ3) is 3.99. The van der Waals surface area contributed by atoms with Gasteiger partial charge in [-0.3, -0.25) is 9.59 Å². The first-order valence-electron chi connectivity index (χ1n) is 10.4. The van der Waals surface area contributed by atoms with Crippen molar-refractivity contribution in [2.45, 2.75) is 6.54 Å². The average molecular weight is 473 g/mol. The molecule has 6 heteroatoms. The summed E-state index contributed by atoms with van der Waals surface area (Å²) in [6.07, 6.45) is 0. The molecule has 1 heterocycles. The van der Waals surface area contributed by atoms with Crippen LogP contribution in [0.4, 0.5) is 11.4 Å². The number of benzene rings is 4. The van der Waals surface area contributed by atoms with Crippen molar-refractivity contribution in [3.05, 3.63) is 118 Å². The lowest BCUT2D eigenvalue weighted by Crippen LogP contribution is -2.33. The summed E-state index contributed by atoms with van der Waals surface area (Å²) in [4.78, 5) is 27.8. The van der Waals surface area contributed by atoms with Crippen LogP contribution in [0.15, 0.2) is 91.0 Å². The van der Waals surface area contributed by atoms with Gasteiger partial charge in [-0.15, -0.1) is 0 Å². The van der Waals surface area contributed by atoms with Crippen molar-refractivity contribution in [1.29, 1.82) is 0 Å². The van der Waals surface area contributed by atoms with Crippen LogP contribution in [0.1, 0.15) is 26.3 Å². The lowest BCUT2D eigenvalue weighted by atomic mass is 9.93. The van der Waals surface area contributed by atoms with E-state index in [9.17, 15) is 9.59 Å². The predicted molar refractivity (Wildman–Crippen MR) is 133 cm³/mol. The highest BCUT2D eigenvalue weighted by Gasteiger charge is 2.26. The van der Waals surface area contributed by atoms with Gasteiger partial charge in [0.1, 0.15) is 0 Å². The smallest absolute Gasteiger partial charge is 0.258 e. The maximum absolute atomic E-state index is 13.4. The number of hydrogen-bond donors (Lipinski definition) is 1. The molecule has 0 saturated heterocycles. The van der Waals surface area contributed by atoms with Gasteiger partial charge in [-0.25, -0.2) is 0 Å². The quantitative estimate of drug-likeness (QED) is 0.346. The zero-order valence-corrected chi connectivity index (χ0v) is 18.9. The largest absolute Gasteiger partial charge is 0.322 e. The third-order valence-electron chi connectivity index (χ3n) is 5.66. The number of hydrogen-bond acceptors (Lipinski definition) is 2. The van der Waals surface area contributed by atoms with Crippen LogP contribution >= 0.6 is 23.2 Å². The van der Waals surface area contributed by atoms with Crippen LogP contribution in [0.5, 0.6) is 0 Å². The zero-order chi connectivity index (χ0) is 22.9. The molecule has 2 amide bonds. The summed E-state index contributed by atoms with van der Waals surface area (Å²) in [5.74, 6) is -0.518. The van der Waals surface area contributed by atoms with Gasteiger partial charge in [0.25, 0.3) is 11.8 Å². The fourth-order valence-electron chi connectivity index (χ4n) is 4.05. The van der Waals surface area contributed by atoms with Crippen molar-refractivity contribution in [3.8, 4) is 11.1 Å². The lowest BCUT2D eigenvalue weighted by Gasteiger charge is -2.31. The molecule has 4 aromatic carbocycles. The van der Waals surface area contributed by atoms with Gasteiger partial charge in [0, 0.05) is 16.8 Å². The summed E-state index contributed by atoms with van der Waals surface area (Å²) in [5, 5.41) is 3.33. The fraction of sp³-hybridized carbons (Fsp3) is 0.0370. The van der Waals surface area contributed by atoms with E-state index in [2.05, 4.69) is 11.4 Å². The van der Waals surface area contributed by atoms with E-state index in [4.69, 9.17) is 23.2 Å². The van der Waals surface area contributed by atoms with Crippen molar-refractivity contribution >= 4 is 46.4 Å². The molecule has 0 radical (unpaired) electrons. The minimum Gasteiger partial charge on any atom is -0.322 e. The Morgan fingerprint density at radius 3 is 2.09 bits per heavy atom. The molecule has 0 spiro atoms. The molecule has 1 N–H and O–H groups in total. The maximum Gasteiger partial charge on any atom is 0.258 e. The number of fused-ring (bicyclic) bond motifs is 3. The average Bonchev–Trinajstić information content (AvgIpc) is 2.83. The summed E-state index contributed by atoms with van der Waals surface area (Å²) >= 11 is 12.3. The maximum atomic E-state index is 13.4. The molecule has 4 nitrogen and oxygen atoms in total. The van der Waals surface area contributed by atoms with Crippen LogP contribution in [0.2, 0.25) is 10.0 Å². The van der Waals surface area contributed by atoms with E-state index in [0.717, 1.165) is 22.4 Å². The monoisotopic (exact) mass is 472 g/mol. The van der Waals surface area contributed by atoms with Gasteiger partial charge in [0.15, 0.2) is 0 Å². The number of rotatable bonds is 3. The normalized spacial score (nSPS) is 12.0. The van der Waals surface area contributed by atoms with Crippen molar-refractivity contribution in [2.75, 3.05) is 10.2 Å². The third-order valence-corrected chi connectivity index (χ3v) is 6.29. The van der Waals surface area contributed by atoms with Gasteiger partial charge >= 0.3 is 0 Å². The van der Waals surface area contributed by atoms with Crippen LogP contribution in [-0.4, -0.2) is 11.8 Å². The molecule has 162 valence electrons. The van der Waals surface area contributed by atoms with E-state index in [-0.39, 0.29) is 21.5 Å². The van der Waals surface area contributed by atoms with Crippen molar-refractivity contribution in [3.63, 3.8) is 0 Å². The van der Waals surface area contributed by atoms with E-state index in [1.165, 1.54) is 0 Å². The molecule has 4 aromatic rings. The highest BCUT2D eigenvalue weighted by molar-refractivity contribution is 6.40. The summed E-state index contributed by atoms with van der Waals surface area (Å²) < 4.78 is 0. The van der Waals surface area contributed by atoms with Gasteiger partial charge in [-0.1, -0.05) is 71.7 Å². The van der Waals surface area contributed by atoms with Crippen LogP contribution in [-0.2, 0) is 6.54 Å². The Balaban J connectivity index is 1.39. The van der Waals surface area contributed by atoms with Crippen molar-refractivity contribution < 1.29 is 9.59 Å². The summed E-state index contributed by atoms with van der Waals surface area (Å²) in [6.45, 7) is 0.496. The molecule has 1 aliphatic heterocycles. The Bertz CT molecular complexity index is 1360. The second kappa shape index (κ2) is 8.74. The molecule has 1 aliphatic rings. The summed E-state index contributed by atoms with van der Waals surface area (Å²) in [6, 6.07) is 27.7. The number of anilines is 2. The molecule has 0 unspecified atom stereocenters. The standard InChI is InChI=1S/C27H18Cl2N2O2/c28-22-9-5-10-23(29)25(22)26(32)30-19-14-12-17(13-15-19)27(33)31-16-18-6-1-2-7-20(18)21-8-3-4-11-24(21)31/h1-15H,16H2,(H,30,32). The molecule has 0 aliphatic carbocycles. The Kier molecular flexibility index (Phi) is 5.63. The number of carbonyl (C=O) groups excluding carboxylic acids is 2. The summed E-state index contributed by atoms with van der Waals surface area (Å²) in [5.41, 5.74) is 5.44. The Labute approximate surface area is 201 Å². The number of para-hydroxylation sites is 1. The van der Waals surface area contributed by atoms with Gasteiger partial charge in [0.2, 0.25) is 0 Å². The first-order valence-corrected chi connectivity index (χ1v) is 11.1. The fourth-order valence-corrected chi connectivity index (χ4v) is 4.62. The number of halogens is 2. The summed E-state index contributed by atoms with van der Waals surface area (Å²) in [7, 11) is 0.